The van der Waals surface area contributed by atoms with Crippen LogP contribution >= 0.6 is 0 Å². The highest BCUT2D eigenvalue weighted by Gasteiger charge is 2.47. The molecule has 3 atom stereocenters. The van der Waals surface area contributed by atoms with E-state index in [1.54, 1.807) is 16.7 Å². The molecule has 0 aromatic heterocycles. The Bertz CT molecular complexity index is 399. The molecule has 0 spiro atoms. The molecule has 3 unspecified atom stereocenters. The molecule has 114 valence electrons. The molecule has 5 heteroatoms. The minimum Gasteiger partial charge on any atom is -0.480 e. The maximum atomic E-state index is 12.7. The summed E-state index contributed by atoms with van der Waals surface area (Å²) >= 11 is 0. The fraction of sp³-hybridized carbons (Fsp3) is 0.867. The molecule has 1 saturated heterocycles. The van der Waals surface area contributed by atoms with Crippen molar-refractivity contribution in [3.63, 3.8) is 0 Å². The fourth-order valence-electron chi connectivity index (χ4n) is 3.70. The Morgan fingerprint density at radius 1 is 1.25 bits per heavy atom. The summed E-state index contributed by atoms with van der Waals surface area (Å²) in [5.74, 6) is -0.398. The van der Waals surface area contributed by atoms with Crippen molar-refractivity contribution in [3.8, 4) is 0 Å². The van der Waals surface area contributed by atoms with Crippen LogP contribution in [-0.4, -0.2) is 52.1 Å². The van der Waals surface area contributed by atoms with Crippen LogP contribution in [0.25, 0.3) is 0 Å². The quantitative estimate of drug-likeness (QED) is 0.846. The zero-order chi connectivity index (χ0) is 14.9. The first-order valence-corrected chi connectivity index (χ1v) is 7.66. The first kappa shape index (κ1) is 15.1. The number of amides is 2. The van der Waals surface area contributed by atoms with Gasteiger partial charge in [-0.15, -0.1) is 0 Å². The third kappa shape index (κ3) is 2.50. The number of hydrogen-bond donors (Lipinski definition) is 1. The summed E-state index contributed by atoms with van der Waals surface area (Å²) in [5, 5.41) is 9.42. The summed E-state index contributed by atoms with van der Waals surface area (Å²) in [6, 6.07) is 0.126. The average Bonchev–Trinajstić information content (AvgIpc) is 2.81. The Kier molecular flexibility index (Phi) is 4.25. The maximum Gasteiger partial charge on any atom is 0.329 e. The topological polar surface area (TPSA) is 60.9 Å². The van der Waals surface area contributed by atoms with Gasteiger partial charge in [0.05, 0.1) is 0 Å². The molecule has 0 bridgehead atoms. The van der Waals surface area contributed by atoms with Crippen LogP contribution in [0.5, 0.6) is 0 Å². The summed E-state index contributed by atoms with van der Waals surface area (Å²) in [5.41, 5.74) is -1.04. The average molecular weight is 282 g/mol. The van der Waals surface area contributed by atoms with E-state index in [2.05, 4.69) is 6.92 Å². The first-order valence-electron chi connectivity index (χ1n) is 7.66. The van der Waals surface area contributed by atoms with Crippen molar-refractivity contribution in [3.05, 3.63) is 0 Å². The monoisotopic (exact) mass is 282 g/mol. The number of hydrogen-bond acceptors (Lipinski definition) is 2. The maximum absolute atomic E-state index is 12.7. The Morgan fingerprint density at radius 3 is 2.50 bits per heavy atom. The van der Waals surface area contributed by atoms with Crippen molar-refractivity contribution in [1.29, 1.82) is 0 Å². The Balaban J connectivity index is 2.12. The predicted octanol–water partition coefficient (Wildman–Crippen LogP) is 2.56. The van der Waals surface area contributed by atoms with Gasteiger partial charge in [-0.2, -0.15) is 0 Å². The van der Waals surface area contributed by atoms with Crippen molar-refractivity contribution < 1.29 is 14.7 Å². The Hall–Kier alpha value is -1.26. The lowest BCUT2D eigenvalue weighted by Gasteiger charge is -2.41. The molecular weight excluding hydrogens is 256 g/mol. The van der Waals surface area contributed by atoms with E-state index in [0.717, 1.165) is 25.7 Å². The van der Waals surface area contributed by atoms with E-state index in [4.69, 9.17) is 0 Å². The zero-order valence-electron chi connectivity index (χ0n) is 12.8. The second-order valence-corrected chi connectivity index (χ2v) is 6.56. The molecule has 2 amide bonds. The first-order chi connectivity index (χ1) is 9.38. The minimum absolute atomic E-state index is 0.119. The highest BCUT2D eigenvalue weighted by atomic mass is 16.4. The summed E-state index contributed by atoms with van der Waals surface area (Å²) in [6.07, 6.45) is 5.88. The van der Waals surface area contributed by atoms with Gasteiger partial charge in [0.25, 0.3) is 0 Å². The molecule has 1 aliphatic carbocycles. The van der Waals surface area contributed by atoms with Crippen LogP contribution in [0.2, 0.25) is 0 Å². The molecular formula is C15H26N2O3. The number of nitrogens with zero attached hydrogens (tertiary/aromatic N) is 2. The van der Waals surface area contributed by atoms with Crippen LogP contribution in [0.4, 0.5) is 4.79 Å². The molecule has 1 saturated carbocycles. The molecule has 2 rings (SSSR count). The van der Waals surface area contributed by atoms with Gasteiger partial charge in [-0.05, 0) is 38.5 Å². The molecule has 2 aliphatic rings. The van der Waals surface area contributed by atoms with E-state index in [0.29, 0.717) is 18.9 Å². The highest BCUT2D eigenvalue weighted by Crippen LogP contribution is 2.33. The van der Waals surface area contributed by atoms with Gasteiger partial charge < -0.3 is 14.9 Å². The largest absolute Gasteiger partial charge is 0.480 e. The van der Waals surface area contributed by atoms with Crippen molar-refractivity contribution in [2.75, 3.05) is 13.6 Å². The normalized spacial score (nSPS) is 34.0. The lowest BCUT2D eigenvalue weighted by molar-refractivity contribution is -0.147. The predicted molar refractivity (Wildman–Crippen MR) is 76.6 cm³/mol. The second-order valence-electron chi connectivity index (χ2n) is 6.56. The number of aliphatic carboxylic acids is 1. The summed E-state index contributed by atoms with van der Waals surface area (Å²) in [4.78, 5) is 27.5. The van der Waals surface area contributed by atoms with Crippen LogP contribution in [-0.2, 0) is 4.79 Å². The van der Waals surface area contributed by atoms with Gasteiger partial charge in [-0.3, -0.25) is 0 Å². The number of urea groups is 1. The highest BCUT2D eigenvalue weighted by molar-refractivity contribution is 5.86. The van der Waals surface area contributed by atoms with Crippen LogP contribution in [0.3, 0.4) is 0 Å². The molecule has 0 aromatic rings. The standard InChI is InChI=1S/C15H26N2O3/c1-11-7-4-5-8-12(11)16(3)14(20)17-10-6-9-15(17,2)13(18)19/h11-12H,4-10H2,1-3H3,(H,18,19). The molecule has 5 nitrogen and oxygen atoms in total. The molecule has 0 aromatic carbocycles. The Labute approximate surface area is 120 Å². The van der Waals surface area contributed by atoms with E-state index < -0.39 is 11.5 Å². The van der Waals surface area contributed by atoms with Crippen LogP contribution < -0.4 is 0 Å². The van der Waals surface area contributed by atoms with E-state index in [1.807, 2.05) is 7.05 Å². The third-order valence-corrected chi connectivity index (χ3v) is 5.20. The lowest BCUT2D eigenvalue weighted by Crippen LogP contribution is -2.57. The SMILES string of the molecule is CC1CCCCC1N(C)C(=O)N1CCCC1(C)C(=O)O. The smallest absolute Gasteiger partial charge is 0.329 e. The van der Waals surface area contributed by atoms with Crippen molar-refractivity contribution in [2.45, 2.75) is 64.0 Å². The number of carboxylic acids is 1. The van der Waals surface area contributed by atoms with Gasteiger partial charge in [0.2, 0.25) is 0 Å². The van der Waals surface area contributed by atoms with E-state index >= 15 is 0 Å². The second kappa shape index (κ2) is 5.62. The van der Waals surface area contributed by atoms with Gasteiger partial charge >= 0.3 is 12.0 Å². The molecule has 0 radical (unpaired) electrons. The van der Waals surface area contributed by atoms with Gasteiger partial charge in [0.1, 0.15) is 5.54 Å². The number of likely N-dealkylation sites (tertiary alicyclic amines) is 1. The van der Waals surface area contributed by atoms with Crippen LogP contribution in [0.1, 0.15) is 52.4 Å². The number of carboxylic acid groups (broad SMARTS) is 1. The van der Waals surface area contributed by atoms with Crippen LogP contribution in [0.15, 0.2) is 0 Å². The summed E-state index contributed by atoms with van der Waals surface area (Å²) < 4.78 is 0. The minimum atomic E-state index is -1.04. The van der Waals surface area contributed by atoms with E-state index in [9.17, 15) is 14.7 Å². The van der Waals surface area contributed by atoms with Crippen molar-refractivity contribution >= 4 is 12.0 Å². The van der Waals surface area contributed by atoms with Gasteiger partial charge in [-0.1, -0.05) is 19.8 Å². The molecule has 20 heavy (non-hydrogen) atoms. The number of carbonyl (C=O) groups is 2. The fourth-order valence-corrected chi connectivity index (χ4v) is 3.70. The number of carbonyl (C=O) groups excluding carboxylic acids is 1. The zero-order valence-corrected chi connectivity index (χ0v) is 12.8. The van der Waals surface area contributed by atoms with E-state index in [-0.39, 0.29) is 12.1 Å². The third-order valence-electron chi connectivity index (χ3n) is 5.20. The molecule has 2 fully saturated rings. The van der Waals surface area contributed by atoms with E-state index in [1.165, 1.54) is 6.42 Å². The Morgan fingerprint density at radius 2 is 1.90 bits per heavy atom. The van der Waals surface area contributed by atoms with Crippen molar-refractivity contribution in [1.82, 2.24) is 9.80 Å². The van der Waals surface area contributed by atoms with Gasteiger partial charge in [0, 0.05) is 19.6 Å². The van der Waals surface area contributed by atoms with Crippen molar-refractivity contribution in [2.24, 2.45) is 5.92 Å². The van der Waals surface area contributed by atoms with Crippen LogP contribution in [0, 0.1) is 5.92 Å². The van der Waals surface area contributed by atoms with Gasteiger partial charge in [0.15, 0.2) is 0 Å². The number of rotatable bonds is 2. The molecule has 1 N–H and O–H groups in total. The summed E-state index contributed by atoms with van der Waals surface area (Å²) in [6.45, 7) is 4.40. The summed E-state index contributed by atoms with van der Waals surface area (Å²) in [7, 11) is 1.83. The molecule has 1 heterocycles. The van der Waals surface area contributed by atoms with Gasteiger partial charge in [-0.25, -0.2) is 9.59 Å². The lowest BCUT2D eigenvalue weighted by atomic mass is 9.85. The molecule has 1 aliphatic heterocycles.